The topological polar surface area (TPSA) is 108 Å². The first-order valence-corrected chi connectivity index (χ1v) is 12.4. The summed E-state index contributed by atoms with van der Waals surface area (Å²) in [6.07, 6.45) is 1.43. The van der Waals surface area contributed by atoms with Gasteiger partial charge in [0.2, 0.25) is 5.75 Å². The number of carbonyl (C=O) groups is 2. The van der Waals surface area contributed by atoms with E-state index < -0.39 is 23.8 Å². The van der Waals surface area contributed by atoms with E-state index in [9.17, 15) is 9.59 Å². The van der Waals surface area contributed by atoms with Crippen LogP contribution in [0.3, 0.4) is 0 Å². The van der Waals surface area contributed by atoms with Gasteiger partial charge in [-0.25, -0.2) is 9.97 Å². The molecule has 9 nitrogen and oxygen atoms in total. The van der Waals surface area contributed by atoms with E-state index in [0.29, 0.717) is 11.6 Å². The summed E-state index contributed by atoms with van der Waals surface area (Å²) in [6.45, 7) is 5.22. The van der Waals surface area contributed by atoms with E-state index in [-0.39, 0.29) is 23.1 Å². The summed E-state index contributed by atoms with van der Waals surface area (Å²) in [5.41, 5.74) is 2.06. The third kappa shape index (κ3) is 5.72. The van der Waals surface area contributed by atoms with E-state index in [0.717, 1.165) is 11.1 Å². The summed E-state index contributed by atoms with van der Waals surface area (Å²) in [6, 6.07) is 21.1. The highest BCUT2D eigenvalue weighted by molar-refractivity contribution is 5.96. The third-order valence-electron chi connectivity index (χ3n) is 6.05. The maximum absolute atomic E-state index is 13.3. The highest BCUT2D eigenvalue weighted by Crippen LogP contribution is 2.32. The van der Waals surface area contributed by atoms with Gasteiger partial charge in [-0.05, 0) is 18.1 Å². The van der Waals surface area contributed by atoms with E-state index in [4.69, 9.17) is 19.6 Å². The van der Waals surface area contributed by atoms with Crippen LogP contribution >= 0.6 is 0 Å². The second-order valence-electron chi connectivity index (χ2n) is 9.17. The number of hydrogen-bond donors (Lipinski definition) is 1. The van der Waals surface area contributed by atoms with Crippen molar-refractivity contribution < 1.29 is 19.1 Å². The molecule has 0 saturated heterocycles. The smallest absolute Gasteiger partial charge is 0.313 e. The second kappa shape index (κ2) is 11.7. The van der Waals surface area contributed by atoms with Crippen LogP contribution in [0.5, 0.6) is 11.5 Å². The lowest BCUT2D eigenvalue weighted by atomic mass is 9.91. The van der Waals surface area contributed by atoms with Crippen LogP contribution in [-0.2, 0) is 11.8 Å². The molecule has 0 aliphatic carbocycles. The predicted molar refractivity (Wildman–Crippen MR) is 142 cm³/mol. The van der Waals surface area contributed by atoms with Crippen molar-refractivity contribution in [1.82, 2.24) is 25.1 Å². The number of pyridine rings is 1. The van der Waals surface area contributed by atoms with Crippen LogP contribution in [0, 0.1) is 5.92 Å². The highest BCUT2D eigenvalue weighted by Gasteiger charge is 2.27. The van der Waals surface area contributed by atoms with Gasteiger partial charge in [-0.3, -0.25) is 14.3 Å². The number of esters is 1. The molecule has 0 fully saturated rings. The number of benzene rings is 2. The molecule has 0 aliphatic rings. The summed E-state index contributed by atoms with van der Waals surface area (Å²) in [5.74, 6) is -0.205. The van der Waals surface area contributed by atoms with Crippen LogP contribution in [0.25, 0.3) is 0 Å². The summed E-state index contributed by atoms with van der Waals surface area (Å²) in [7, 11) is 3.23. The van der Waals surface area contributed by atoms with E-state index in [2.05, 4.69) is 10.3 Å². The Labute approximate surface area is 221 Å². The molecule has 4 rings (SSSR count). The standard InChI is InChI=1S/C29H31N5O4/c1-18(2)29(36)38-25-22(37-5)16-17-30-24(25)28(35)31-19(3)27-32-26(33-34(27)4)23(20-12-8-6-9-13-20)21-14-10-7-11-15-21/h6-19,23H,1-5H3,(H,31,35)/t19-/m0/s1. The molecule has 2 heterocycles. The third-order valence-corrected chi connectivity index (χ3v) is 6.05. The number of amides is 1. The van der Waals surface area contributed by atoms with Gasteiger partial charge in [0.05, 0.1) is 25.0 Å². The van der Waals surface area contributed by atoms with E-state index >= 15 is 0 Å². The molecule has 0 unspecified atom stereocenters. The largest absolute Gasteiger partial charge is 0.493 e. The fourth-order valence-electron chi connectivity index (χ4n) is 4.10. The zero-order valence-corrected chi connectivity index (χ0v) is 22.1. The lowest BCUT2D eigenvalue weighted by Crippen LogP contribution is -2.30. The highest BCUT2D eigenvalue weighted by atomic mass is 16.6. The van der Waals surface area contributed by atoms with E-state index in [1.807, 2.05) is 67.6 Å². The molecule has 0 saturated carbocycles. The van der Waals surface area contributed by atoms with Gasteiger partial charge in [0.25, 0.3) is 5.91 Å². The molecule has 4 aromatic rings. The number of aromatic nitrogens is 4. The quantitative estimate of drug-likeness (QED) is 0.329. The molecule has 0 bridgehead atoms. The molecule has 2 aromatic heterocycles. The molecule has 1 atom stereocenters. The van der Waals surface area contributed by atoms with Crippen molar-refractivity contribution >= 4 is 11.9 Å². The number of rotatable bonds is 9. The first-order valence-electron chi connectivity index (χ1n) is 12.4. The van der Waals surface area contributed by atoms with Gasteiger partial charge in [-0.2, -0.15) is 5.10 Å². The lowest BCUT2D eigenvalue weighted by Gasteiger charge is -2.16. The number of carbonyl (C=O) groups excluding carboxylic acids is 2. The van der Waals surface area contributed by atoms with Gasteiger partial charge in [-0.1, -0.05) is 74.5 Å². The number of hydrogen-bond acceptors (Lipinski definition) is 7. The molecular formula is C29H31N5O4. The molecule has 196 valence electrons. The Morgan fingerprint density at radius 3 is 2.08 bits per heavy atom. The maximum Gasteiger partial charge on any atom is 0.313 e. The molecule has 38 heavy (non-hydrogen) atoms. The average Bonchev–Trinajstić information content (AvgIpc) is 3.30. The van der Waals surface area contributed by atoms with Gasteiger partial charge in [-0.15, -0.1) is 0 Å². The van der Waals surface area contributed by atoms with Crippen LogP contribution in [0.4, 0.5) is 0 Å². The van der Waals surface area contributed by atoms with Crippen LogP contribution < -0.4 is 14.8 Å². The Balaban J connectivity index is 1.63. The second-order valence-corrected chi connectivity index (χ2v) is 9.17. The van der Waals surface area contributed by atoms with Crippen molar-refractivity contribution in [3.05, 3.63) is 101 Å². The van der Waals surface area contributed by atoms with E-state index in [1.165, 1.54) is 19.4 Å². The van der Waals surface area contributed by atoms with E-state index in [1.54, 1.807) is 25.6 Å². The first-order chi connectivity index (χ1) is 18.3. The van der Waals surface area contributed by atoms with Crippen molar-refractivity contribution in [2.75, 3.05) is 7.11 Å². The van der Waals surface area contributed by atoms with Crippen LogP contribution in [0.15, 0.2) is 72.9 Å². The summed E-state index contributed by atoms with van der Waals surface area (Å²) < 4.78 is 12.5. The summed E-state index contributed by atoms with van der Waals surface area (Å²) in [4.78, 5) is 34.6. The zero-order chi connectivity index (χ0) is 27.2. The van der Waals surface area contributed by atoms with Crippen LogP contribution in [0.2, 0.25) is 0 Å². The van der Waals surface area contributed by atoms with Crippen LogP contribution in [0.1, 0.15) is 66.0 Å². The Hall–Kier alpha value is -4.53. The van der Waals surface area contributed by atoms with Gasteiger partial charge in [0.15, 0.2) is 17.3 Å². The molecule has 0 aliphatic heterocycles. The maximum atomic E-state index is 13.3. The first kappa shape index (κ1) is 26.5. The number of nitrogens with one attached hydrogen (secondary N) is 1. The van der Waals surface area contributed by atoms with Gasteiger partial charge in [0, 0.05) is 19.3 Å². The summed E-state index contributed by atoms with van der Waals surface area (Å²) >= 11 is 0. The number of ether oxygens (including phenoxy) is 2. The van der Waals surface area contributed by atoms with Crippen molar-refractivity contribution in [2.24, 2.45) is 13.0 Å². The Bertz CT molecular complexity index is 1360. The number of methoxy groups -OCH3 is 1. The van der Waals surface area contributed by atoms with Gasteiger partial charge < -0.3 is 14.8 Å². The normalized spacial score (nSPS) is 11.9. The molecular weight excluding hydrogens is 482 g/mol. The van der Waals surface area contributed by atoms with Crippen molar-refractivity contribution in [2.45, 2.75) is 32.7 Å². The Morgan fingerprint density at radius 2 is 1.53 bits per heavy atom. The molecule has 2 aromatic carbocycles. The minimum Gasteiger partial charge on any atom is -0.493 e. The molecule has 9 heteroatoms. The van der Waals surface area contributed by atoms with Gasteiger partial charge >= 0.3 is 5.97 Å². The van der Waals surface area contributed by atoms with Gasteiger partial charge in [0.1, 0.15) is 5.82 Å². The minimum absolute atomic E-state index is 0.0229. The molecule has 0 radical (unpaired) electrons. The molecule has 1 N–H and O–H groups in total. The Kier molecular flexibility index (Phi) is 8.15. The molecule has 1 amide bonds. The fourth-order valence-corrected chi connectivity index (χ4v) is 4.10. The van der Waals surface area contributed by atoms with Crippen molar-refractivity contribution in [1.29, 1.82) is 0 Å². The minimum atomic E-state index is -0.532. The monoisotopic (exact) mass is 513 g/mol. The predicted octanol–water partition coefficient (Wildman–Crippen LogP) is 4.45. The number of nitrogens with zero attached hydrogens (tertiary/aromatic N) is 4. The molecule has 0 spiro atoms. The van der Waals surface area contributed by atoms with Crippen LogP contribution in [-0.4, -0.2) is 38.7 Å². The van der Waals surface area contributed by atoms with Crippen molar-refractivity contribution in [3.8, 4) is 11.5 Å². The average molecular weight is 514 g/mol. The zero-order valence-electron chi connectivity index (χ0n) is 22.1. The fraction of sp³-hybridized carbons (Fsp3) is 0.276. The Morgan fingerprint density at radius 1 is 0.921 bits per heavy atom. The lowest BCUT2D eigenvalue weighted by molar-refractivity contribution is -0.137. The number of aryl methyl sites for hydroxylation is 1. The van der Waals surface area contributed by atoms with Crippen molar-refractivity contribution in [3.63, 3.8) is 0 Å². The summed E-state index contributed by atoms with van der Waals surface area (Å²) in [5, 5.41) is 7.63. The SMILES string of the molecule is COc1ccnc(C(=O)N[C@@H](C)c2nc(C(c3ccccc3)c3ccccc3)nn2C)c1OC(=O)C(C)C.